The average molecular weight is 1740 g/mol. The fourth-order valence-corrected chi connectivity index (χ4v) is 12.7. The number of unbranched alkanes of at least 4 members (excludes halogenated alkanes) is 2. The Balaban J connectivity index is 3.49. The molecule has 1 aromatic carbocycles. The van der Waals surface area contributed by atoms with Gasteiger partial charge in [0, 0.05) is 6.42 Å². The van der Waals surface area contributed by atoms with Gasteiger partial charge < -0.3 is 118 Å². The molecule has 1 aromatic rings. The number of hydrogen-bond donors (Lipinski definition) is 22. The van der Waals surface area contributed by atoms with Crippen LogP contribution >= 0.6 is 0 Å². The molecular formula is C83H144N20O20. The average Bonchev–Trinajstić information content (AvgIpc) is 0.840. The summed E-state index contributed by atoms with van der Waals surface area (Å²) in [6.45, 7) is 26.2. The van der Waals surface area contributed by atoms with E-state index in [1.54, 1.807) is 113 Å². The van der Waals surface area contributed by atoms with Crippen molar-refractivity contribution >= 4 is 106 Å². The highest BCUT2D eigenvalue weighted by Gasteiger charge is 2.41. The number of aliphatic hydroxyl groups is 1. The van der Waals surface area contributed by atoms with E-state index in [2.05, 4.69) is 85.1 Å². The van der Waals surface area contributed by atoms with Crippen LogP contribution in [0, 0.1) is 47.3 Å². The van der Waals surface area contributed by atoms with E-state index in [0.29, 0.717) is 31.2 Å². The van der Waals surface area contributed by atoms with Gasteiger partial charge in [0.05, 0.1) is 32.7 Å². The van der Waals surface area contributed by atoms with Crippen LogP contribution in [0.1, 0.15) is 207 Å². The lowest BCUT2D eigenvalue weighted by Gasteiger charge is -2.31. The van der Waals surface area contributed by atoms with E-state index >= 15 is 0 Å². The Labute approximate surface area is 722 Å². The molecule has 1 rings (SSSR count). The molecule has 40 heteroatoms. The largest absolute Gasteiger partial charge is 0.481 e. The van der Waals surface area contributed by atoms with Gasteiger partial charge in [-0.25, -0.2) is 0 Å². The molecule has 0 fully saturated rings. The minimum absolute atomic E-state index is 0.0221. The van der Waals surface area contributed by atoms with Gasteiger partial charge in [-0.05, 0) is 124 Å². The number of carbonyl (C=O) groups excluding carboxylic acids is 17. The van der Waals surface area contributed by atoms with Crippen LogP contribution in [0.4, 0.5) is 0 Å². The zero-order chi connectivity index (χ0) is 93.7. The van der Waals surface area contributed by atoms with Gasteiger partial charge in [0.2, 0.25) is 100 Å². The van der Waals surface area contributed by atoms with E-state index in [1.165, 1.54) is 6.92 Å². The van der Waals surface area contributed by atoms with Crippen LogP contribution in [-0.2, 0) is 92.7 Å². The van der Waals surface area contributed by atoms with Crippen molar-refractivity contribution in [3.63, 3.8) is 0 Å². The number of hydrogen-bond acceptors (Lipinski definition) is 22. The summed E-state index contributed by atoms with van der Waals surface area (Å²) in [6.07, 6.45) is 1.75. The van der Waals surface area contributed by atoms with E-state index in [0.717, 1.165) is 0 Å². The van der Waals surface area contributed by atoms with Crippen LogP contribution in [0.15, 0.2) is 30.3 Å². The van der Waals surface area contributed by atoms with Crippen LogP contribution < -0.4 is 108 Å². The summed E-state index contributed by atoms with van der Waals surface area (Å²) in [6, 6.07) is -11.1. The molecular weight excluding hydrogens is 1600 g/mol. The molecule has 696 valence electrons. The Bertz CT molecular complexity index is 3630. The lowest BCUT2D eigenvalue weighted by molar-refractivity contribution is -0.142. The number of rotatable bonds is 60. The molecule has 0 spiro atoms. The van der Waals surface area contributed by atoms with Crippen LogP contribution in [0.5, 0.6) is 0 Å². The molecule has 0 aromatic heterocycles. The smallest absolute Gasteiger partial charge is 0.305 e. The molecule has 26 N–H and O–H groups in total. The van der Waals surface area contributed by atoms with Crippen LogP contribution in [0.2, 0.25) is 0 Å². The molecule has 0 aliphatic carbocycles. The van der Waals surface area contributed by atoms with E-state index in [-0.39, 0.29) is 82.7 Å². The van der Waals surface area contributed by atoms with E-state index < -0.39 is 259 Å². The van der Waals surface area contributed by atoms with Gasteiger partial charge in [0.15, 0.2) is 0 Å². The van der Waals surface area contributed by atoms with Crippen LogP contribution in [0.3, 0.4) is 0 Å². The maximum atomic E-state index is 14.7. The first-order valence-electron chi connectivity index (χ1n) is 42.8. The van der Waals surface area contributed by atoms with Gasteiger partial charge in [0.1, 0.15) is 84.6 Å². The number of amides is 17. The number of carbonyl (C=O) groups is 18. The molecule has 0 radical (unpaired) electrons. The fourth-order valence-electron chi connectivity index (χ4n) is 12.7. The van der Waals surface area contributed by atoms with E-state index in [9.17, 15) is 96.5 Å². The lowest BCUT2D eigenvalue weighted by Crippen LogP contribution is -2.62. The number of nitrogens with two attached hydrogens (primary N) is 4. The summed E-state index contributed by atoms with van der Waals surface area (Å²) >= 11 is 0. The maximum Gasteiger partial charge on any atom is 0.305 e. The second kappa shape index (κ2) is 57.8. The quantitative estimate of drug-likeness (QED) is 0.0290. The van der Waals surface area contributed by atoms with Crippen molar-refractivity contribution < 1.29 is 96.5 Å². The standard InChI is InChI=1S/C83H144N20O20/c1-18-47(13)66(78(118)89-40-61(106)88-41-62(107)91-55(70(87)110)35-43(5)6)101-83(123)69(50(16)21-4)102-80(120)65(46(11)12)99-77(117)59(42-104)97-71(111)51(17)90-79(119)64(45(9)10)98-73(113)54(32-26-28-34-85)93-72(112)53(31-25-27-33-84)94-81(121)67(48(14)19-2)103-82(122)68(49(15)20-3)100-76(116)58(38-63(108)109)96-75(115)57(37-52-29-23-22-24-30-52)95-74(114)56(36-44(7)8)92-60(105)39-86/h22-24,29-30,43-51,53-59,64-69,104H,18-21,25-28,31-42,84-86H2,1-17H3,(H2,87,110)(H,88,106)(H,89,118)(H,90,119)(H,91,107)(H,92,105)(H,93,112)(H,94,121)(H,95,114)(H,96,115)(H,97,111)(H,98,113)(H,99,117)(H,100,116)(H,101,123)(H,102,120)(H,103,122)(H,108,109)/t47-,48-,49-,50-,51-,53-,54-,55-,56-,57-,58-,59-,64-,65-,66-,67-,68-,69-/m0/s1. The molecule has 17 amide bonds. The third-order valence-electron chi connectivity index (χ3n) is 21.1. The topological polar surface area (TPSA) is 644 Å². The molecule has 0 bridgehead atoms. The van der Waals surface area contributed by atoms with Crippen molar-refractivity contribution in [2.45, 2.75) is 292 Å². The Kier molecular flexibility index (Phi) is 51.9. The predicted octanol–water partition coefficient (Wildman–Crippen LogP) is -2.97. The first kappa shape index (κ1) is 111. The third kappa shape index (κ3) is 40.6. The van der Waals surface area contributed by atoms with Gasteiger partial charge in [-0.1, -0.05) is 167 Å². The maximum absolute atomic E-state index is 14.7. The summed E-state index contributed by atoms with van der Waals surface area (Å²) < 4.78 is 0. The summed E-state index contributed by atoms with van der Waals surface area (Å²) in [5.74, 6) is -19.9. The number of nitrogens with one attached hydrogen (secondary N) is 16. The molecule has 0 saturated heterocycles. The highest BCUT2D eigenvalue weighted by molar-refractivity contribution is 6.01. The molecule has 0 aliphatic rings. The van der Waals surface area contributed by atoms with Crippen molar-refractivity contribution in [2.24, 2.45) is 70.3 Å². The first-order valence-corrected chi connectivity index (χ1v) is 42.8. The Morgan fingerprint density at radius 3 is 1.11 bits per heavy atom. The summed E-state index contributed by atoms with van der Waals surface area (Å²) in [5.41, 5.74) is 23.2. The second-order valence-electron chi connectivity index (χ2n) is 33.1. The number of primary amides is 1. The van der Waals surface area contributed by atoms with Crippen molar-refractivity contribution in [3.05, 3.63) is 35.9 Å². The third-order valence-corrected chi connectivity index (χ3v) is 21.1. The number of benzene rings is 1. The summed E-state index contributed by atoms with van der Waals surface area (Å²) in [7, 11) is 0. The number of carboxylic acid groups (broad SMARTS) is 1. The fraction of sp³-hybridized carbons (Fsp3) is 0.711. The highest BCUT2D eigenvalue weighted by Crippen LogP contribution is 2.19. The minimum atomic E-state index is -1.85. The van der Waals surface area contributed by atoms with Gasteiger partial charge in [0.25, 0.3) is 0 Å². The second-order valence-corrected chi connectivity index (χ2v) is 33.1. The van der Waals surface area contributed by atoms with Crippen molar-refractivity contribution in [3.8, 4) is 0 Å². The highest BCUT2D eigenvalue weighted by atomic mass is 16.4. The van der Waals surface area contributed by atoms with Gasteiger partial charge in [-0.2, -0.15) is 0 Å². The first-order chi connectivity index (χ1) is 57.8. The van der Waals surface area contributed by atoms with Gasteiger partial charge in [-0.15, -0.1) is 0 Å². The molecule has 40 nitrogen and oxygen atoms in total. The van der Waals surface area contributed by atoms with Gasteiger partial charge in [-0.3, -0.25) is 86.3 Å². The number of carboxylic acids is 1. The van der Waals surface area contributed by atoms with Crippen molar-refractivity contribution in [2.75, 3.05) is 39.3 Å². The zero-order valence-corrected chi connectivity index (χ0v) is 74.8. The van der Waals surface area contributed by atoms with Crippen LogP contribution in [-0.4, -0.2) is 241 Å². The molecule has 0 heterocycles. The van der Waals surface area contributed by atoms with E-state index in [4.69, 9.17) is 22.9 Å². The monoisotopic (exact) mass is 1740 g/mol. The predicted molar refractivity (Wildman–Crippen MR) is 459 cm³/mol. The summed E-state index contributed by atoms with van der Waals surface area (Å²) in [4.78, 5) is 247. The Morgan fingerprint density at radius 1 is 0.341 bits per heavy atom. The summed E-state index contributed by atoms with van der Waals surface area (Å²) in [5, 5.41) is 61.7. The Hall–Kier alpha value is -10.5. The molecule has 0 saturated carbocycles. The lowest BCUT2D eigenvalue weighted by atomic mass is 9.94. The molecule has 123 heavy (non-hydrogen) atoms. The normalized spacial score (nSPS) is 15.7. The van der Waals surface area contributed by atoms with Crippen molar-refractivity contribution in [1.82, 2.24) is 85.1 Å². The SMILES string of the molecule is CC[C@H](C)[C@H](NC(=O)[C@H](CC(=O)O)NC(=O)[C@H](Cc1ccccc1)NC(=O)[C@H](CC(C)C)NC(=O)CN)C(=O)N[C@H](C(=O)N[C@@H](CCCCN)C(=O)N[C@@H](CCCCN)C(=O)N[C@H](C(=O)N[C@@H](C)C(=O)N[C@@H](CO)C(=O)N[C@H](C(=O)N[C@H](C(=O)N[C@H](C(=O)NCC(=O)NCC(=O)N[C@@H](CC(C)C)C(N)=O)[C@@H](C)CC)[C@@H](C)CC)C(C)C)C(C)C)[C@@H](C)CC. The van der Waals surface area contributed by atoms with Gasteiger partial charge >= 0.3 is 5.97 Å². The molecule has 0 unspecified atom stereocenters. The number of aliphatic hydroxyl groups excluding tert-OH is 1. The molecule has 0 aliphatic heterocycles. The van der Waals surface area contributed by atoms with Crippen molar-refractivity contribution in [1.29, 1.82) is 0 Å². The Morgan fingerprint density at radius 2 is 0.683 bits per heavy atom. The van der Waals surface area contributed by atoms with E-state index in [1.807, 2.05) is 27.7 Å². The minimum Gasteiger partial charge on any atom is -0.481 e. The zero-order valence-electron chi connectivity index (χ0n) is 74.8. The van der Waals surface area contributed by atoms with Crippen LogP contribution in [0.25, 0.3) is 0 Å². The number of aliphatic carboxylic acids is 1. The molecule has 18 atom stereocenters.